The molecule has 29 heavy (non-hydrogen) atoms. The number of rotatable bonds is 3. The highest BCUT2D eigenvalue weighted by Crippen LogP contribution is 2.40. The molecule has 1 heterocycles. The molecule has 0 aliphatic carbocycles. The van der Waals surface area contributed by atoms with E-state index >= 15 is 0 Å². The number of carbonyl (C=O) groups excluding carboxylic acids is 1. The zero-order valence-electron chi connectivity index (χ0n) is 14.9. The highest BCUT2D eigenvalue weighted by atomic mass is 32.2. The maximum atomic E-state index is 12.7. The highest BCUT2D eigenvalue weighted by Gasteiger charge is 2.33. The summed E-state index contributed by atoms with van der Waals surface area (Å²) >= 11 is 0.976. The number of phenols is 1. The van der Waals surface area contributed by atoms with Crippen molar-refractivity contribution in [2.24, 2.45) is 4.99 Å². The molecule has 9 heteroatoms. The SMILES string of the molecule is COC(=O)C1=C(O)/C(=C\c2ccc(O)cc2)SC1=Nc1ccc(C(F)(F)F)cc1. The number of hydrogen-bond donors (Lipinski definition) is 2. The molecule has 2 N–H and O–H groups in total. The van der Waals surface area contributed by atoms with Crippen molar-refractivity contribution in [1.82, 2.24) is 0 Å². The Kier molecular flexibility index (Phi) is 5.69. The molecule has 3 rings (SSSR count). The summed E-state index contributed by atoms with van der Waals surface area (Å²) < 4.78 is 42.8. The van der Waals surface area contributed by atoms with Crippen LogP contribution in [0.2, 0.25) is 0 Å². The fraction of sp³-hybridized carbons (Fsp3) is 0.100. The molecule has 1 aliphatic heterocycles. The number of esters is 1. The van der Waals surface area contributed by atoms with E-state index in [1.807, 2.05) is 0 Å². The van der Waals surface area contributed by atoms with Gasteiger partial charge in [-0.3, -0.25) is 0 Å². The van der Waals surface area contributed by atoms with Crippen molar-refractivity contribution < 1.29 is 32.9 Å². The highest BCUT2D eigenvalue weighted by molar-refractivity contribution is 8.18. The number of thioether (sulfide) groups is 1. The Labute approximate surface area is 167 Å². The minimum absolute atomic E-state index is 0.0748. The number of ether oxygens (including phenoxy) is 1. The van der Waals surface area contributed by atoms with Gasteiger partial charge in [0.2, 0.25) is 0 Å². The van der Waals surface area contributed by atoms with Crippen molar-refractivity contribution in [2.75, 3.05) is 7.11 Å². The molecule has 0 bridgehead atoms. The Bertz CT molecular complexity index is 1020. The van der Waals surface area contributed by atoms with Crippen molar-refractivity contribution in [2.45, 2.75) is 6.18 Å². The maximum absolute atomic E-state index is 12.7. The number of alkyl halides is 3. The van der Waals surface area contributed by atoms with Crippen LogP contribution in [0.3, 0.4) is 0 Å². The first-order valence-corrected chi connectivity index (χ1v) is 8.97. The van der Waals surface area contributed by atoms with Crippen LogP contribution in [-0.2, 0) is 15.7 Å². The van der Waals surface area contributed by atoms with Crippen molar-refractivity contribution in [3.63, 3.8) is 0 Å². The molecule has 0 aromatic heterocycles. The lowest BCUT2D eigenvalue weighted by Crippen LogP contribution is -2.10. The van der Waals surface area contributed by atoms with Crippen LogP contribution < -0.4 is 0 Å². The average Bonchev–Trinajstić information content (AvgIpc) is 2.97. The average molecular weight is 421 g/mol. The van der Waals surface area contributed by atoms with Crippen LogP contribution in [0.4, 0.5) is 18.9 Å². The van der Waals surface area contributed by atoms with Gasteiger partial charge in [0.05, 0.1) is 23.3 Å². The van der Waals surface area contributed by atoms with Crippen LogP contribution in [0.5, 0.6) is 5.75 Å². The monoisotopic (exact) mass is 421 g/mol. The van der Waals surface area contributed by atoms with Gasteiger partial charge in [-0.15, -0.1) is 0 Å². The molecule has 0 saturated heterocycles. The molecular weight excluding hydrogens is 407 g/mol. The minimum Gasteiger partial charge on any atom is -0.508 e. The van der Waals surface area contributed by atoms with E-state index in [4.69, 9.17) is 4.74 Å². The van der Waals surface area contributed by atoms with Crippen LogP contribution in [0.15, 0.2) is 69.8 Å². The number of benzene rings is 2. The van der Waals surface area contributed by atoms with E-state index in [-0.39, 0.29) is 27.8 Å². The summed E-state index contributed by atoms with van der Waals surface area (Å²) in [4.78, 5) is 16.6. The molecule has 2 aromatic rings. The van der Waals surface area contributed by atoms with E-state index in [2.05, 4.69) is 4.99 Å². The molecular formula is C20H14F3NO4S. The first kappa shape index (κ1) is 20.5. The van der Waals surface area contributed by atoms with Crippen molar-refractivity contribution in [3.05, 3.63) is 75.9 Å². The van der Waals surface area contributed by atoms with E-state index in [1.54, 1.807) is 18.2 Å². The second kappa shape index (κ2) is 8.04. The van der Waals surface area contributed by atoms with Gasteiger partial charge in [0, 0.05) is 0 Å². The van der Waals surface area contributed by atoms with Crippen molar-refractivity contribution in [3.8, 4) is 5.75 Å². The molecule has 0 amide bonds. The number of aliphatic hydroxyl groups excluding tert-OH is 1. The van der Waals surface area contributed by atoms with Crippen LogP contribution in [0.25, 0.3) is 6.08 Å². The number of methoxy groups -OCH3 is 1. The molecule has 2 aromatic carbocycles. The molecule has 0 atom stereocenters. The number of aliphatic hydroxyl groups is 1. The Morgan fingerprint density at radius 3 is 2.24 bits per heavy atom. The van der Waals surface area contributed by atoms with Gasteiger partial charge in [0.25, 0.3) is 0 Å². The van der Waals surface area contributed by atoms with Gasteiger partial charge in [-0.25, -0.2) is 9.79 Å². The number of halogens is 3. The molecule has 5 nitrogen and oxygen atoms in total. The summed E-state index contributed by atoms with van der Waals surface area (Å²) in [5, 5.41) is 19.9. The van der Waals surface area contributed by atoms with Crippen molar-refractivity contribution in [1.29, 1.82) is 0 Å². The fourth-order valence-corrected chi connectivity index (χ4v) is 3.49. The summed E-state index contributed by atoms with van der Waals surface area (Å²) in [6.07, 6.45) is -2.89. The normalized spacial score (nSPS) is 17.2. The van der Waals surface area contributed by atoms with E-state index in [1.165, 1.54) is 24.3 Å². The molecule has 0 saturated carbocycles. The van der Waals surface area contributed by atoms with Gasteiger partial charge in [0.15, 0.2) is 0 Å². The zero-order valence-corrected chi connectivity index (χ0v) is 15.7. The second-order valence-corrected chi connectivity index (χ2v) is 6.91. The predicted octanol–water partition coefficient (Wildman–Crippen LogP) is 5.21. The first-order chi connectivity index (χ1) is 13.7. The van der Waals surface area contributed by atoms with Crippen LogP contribution in [-0.4, -0.2) is 28.3 Å². The lowest BCUT2D eigenvalue weighted by Gasteiger charge is -2.06. The largest absolute Gasteiger partial charge is 0.508 e. The Hall–Kier alpha value is -3.20. The standard InChI is InChI=1S/C20H14F3NO4S/c1-28-19(27)16-17(26)15(10-11-2-8-14(25)9-3-11)29-18(16)24-13-6-4-12(5-7-13)20(21,22)23/h2-10,25-26H,1H3/b15-10+,24-18?. The van der Waals surface area contributed by atoms with E-state index in [0.29, 0.717) is 10.5 Å². The van der Waals surface area contributed by atoms with Crippen LogP contribution in [0, 0.1) is 0 Å². The Morgan fingerprint density at radius 1 is 1.07 bits per heavy atom. The smallest absolute Gasteiger partial charge is 0.416 e. The summed E-state index contributed by atoms with van der Waals surface area (Å²) in [7, 11) is 1.14. The lowest BCUT2D eigenvalue weighted by atomic mass is 10.1. The van der Waals surface area contributed by atoms with Gasteiger partial charge >= 0.3 is 12.1 Å². The first-order valence-electron chi connectivity index (χ1n) is 8.16. The quantitative estimate of drug-likeness (QED) is 0.665. The van der Waals surface area contributed by atoms with E-state index < -0.39 is 17.7 Å². The zero-order chi connectivity index (χ0) is 21.2. The molecule has 0 spiro atoms. The summed E-state index contributed by atoms with van der Waals surface area (Å²) in [6.45, 7) is 0. The number of aliphatic imine (C=N–C) groups is 1. The number of aromatic hydroxyl groups is 1. The summed E-state index contributed by atoms with van der Waals surface area (Å²) in [5.74, 6) is -1.10. The Morgan fingerprint density at radius 2 is 1.69 bits per heavy atom. The van der Waals surface area contributed by atoms with Gasteiger partial charge in [-0.05, 0) is 48.0 Å². The fourth-order valence-electron chi connectivity index (χ4n) is 2.45. The molecule has 0 radical (unpaired) electrons. The van der Waals surface area contributed by atoms with Gasteiger partial charge in [-0.2, -0.15) is 13.2 Å². The minimum atomic E-state index is -4.47. The molecule has 150 valence electrons. The summed E-state index contributed by atoms with van der Waals surface area (Å²) in [6, 6.07) is 10.3. The van der Waals surface area contributed by atoms with E-state index in [9.17, 15) is 28.2 Å². The number of phenolic OH excluding ortho intramolecular Hbond substituents is 1. The van der Waals surface area contributed by atoms with E-state index in [0.717, 1.165) is 31.0 Å². The van der Waals surface area contributed by atoms with Crippen LogP contribution >= 0.6 is 11.8 Å². The third-order valence-electron chi connectivity index (χ3n) is 3.90. The van der Waals surface area contributed by atoms with Gasteiger partial charge < -0.3 is 14.9 Å². The Balaban J connectivity index is 1.99. The van der Waals surface area contributed by atoms with Gasteiger partial charge in [-0.1, -0.05) is 23.9 Å². The number of nitrogens with zero attached hydrogens (tertiary/aromatic N) is 1. The predicted molar refractivity (Wildman–Crippen MR) is 104 cm³/mol. The third-order valence-corrected chi connectivity index (χ3v) is 4.92. The van der Waals surface area contributed by atoms with Crippen molar-refractivity contribution >= 4 is 34.5 Å². The number of carbonyl (C=O) groups is 1. The summed E-state index contributed by atoms with van der Waals surface area (Å²) in [5.41, 5.74) is -0.167. The molecule has 0 fully saturated rings. The maximum Gasteiger partial charge on any atom is 0.416 e. The van der Waals surface area contributed by atoms with Gasteiger partial charge in [0.1, 0.15) is 22.1 Å². The topological polar surface area (TPSA) is 79.1 Å². The molecule has 1 aliphatic rings. The number of hydrogen-bond acceptors (Lipinski definition) is 6. The second-order valence-electron chi connectivity index (χ2n) is 5.88. The lowest BCUT2D eigenvalue weighted by molar-refractivity contribution is -0.137. The van der Waals surface area contributed by atoms with Crippen LogP contribution in [0.1, 0.15) is 11.1 Å². The molecule has 0 unspecified atom stereocenters. The third kappa shape index (κ3) is 4.62.